The van der Waals surface area contributed by atoms with Crippen molar-refractivity contribution in [2.75, 3.05) is 56.5 Å². The van der Waals surface area contributed by atoms with E-state index in [4.69, 9.17) is 37.4 Å². The number of nitrogens with zero attached hydrogens (tertiary/aromatic N) is 3. The predicted molar refractivity (Wildman–Crippen MR) is 173 cm³/mol. The van der Waals surface area contributed by atoms with Crippen molar-refractivity contribution in [3.8, 4) is 16.9 Å². The molecule has 46 heavy (non-hydrogen) atoms. The zero-order valence-corrected chi connectivity index (χ0v) is 26.8. The molecule has 4 fully saturated rings. The standard InChI is InChI=1S/C34H33Cl2FN4O5/c1-44-33(43)25-11-28(37)24(12-29(25)41-20-5-6-21(41)15-45-14-20)23-4-2-3-19-13-39(18-46-31(19)23)32(42)30-26(35)9-22(10-27(30)36)40-16-34(17-40)7-8-38-34/h2-4,9-12,20-21,38H,5-8,13-18H2,1H3. The average molecular weight is 668 g/mol. The van der Waals surface area contributed by atoms with Crippen LogP contribution in [-0.2, 0) is 16.0 Å². The van der Waals surface area contributed by atoms with Crippen molar-refractivity contribution in [1.82, 2.24) is 10.2 Å². The number of carbonyl (C=O) groups is 2. The van der Waals surface area contributed by atoms with Gasteiger partial charge in [-0.3, -0.25) is 4.79 Å². The summed E-state index contributed by atoms with van der Waals surface area (Å²) in [6.45, 7) is 4.05. The average Bonchev–Trinajstić information content (AvgIpc) is 3.25. The van der Waals surface area contributed by atoms with Gasteiger partial charge in [-0.1, -0.05) is 41.4 Å². The van der Waals surface area contributed by atoms with Crippen molar-refractivity contribution in [3.63, 3.8) is 0 Å². The van der Waals surface area contributed by atoms with Gasteiger partial charge in [-0.05, 0) is 50.1 Å². The molecule has 5 aliphatic heterocycles. The van der Waals surface area contributed by atoms with E-state index >= 15 is 4.39 Å². The van der Waals surface area contributed by atoms with Gasteiger partial charge in [-0.2, -0.15) is 0 Å². The molecule has 1 spiro atoms. The van der Waals surface area contributed by atoms with Crippen molar-refractivity contribution in [2.24, 2.45) is 0 Å². The number of amides is 1. The fourth-order valence-electron chi connectivity index (χ4n) is 7.61. The van der Waals surface area contributed by atoms with E-state index in [1.165, 1.54) is 18.1 Å². The molecule has 4 saturated heterocycles. The molecule has 1 N–H and O–H groups in total. The molecule has 0 radical (unpaired) electrons. The molecule has 5 heterocycles. The summed E-state index contributed by atoms with van der Waals surface area (Å²) >= 11 is 13.3. The highest BCUT2D eigenvalue weighted by Crippen LogP contribution is 2.44. The van der Waals surface area contributed by atoms with Gasteiger partial charge in [0.25, 0.3) is 5.91 Å². The van der Waals surface area contributed by atoms with Crippen LogP contribution in [0.4, 0.5) is 15.8 Å². The largest absolute Gasteiger partial charge is 0.472 e. The van der Waals surface area contributed by atoms with Gasteiger partial charge in [0.1, 0.15) is 11.6 Å². The molecule has 0 saturated carbocycles. The molecule has 9 nitrogen and oxygen atoms in total. The minimum absolute atomic E-state index is 0.0695. The number of hydrogen-bond donors (Lipinski definition) is 1. The fraction of sp³-hybridized carbons (Fsp3) is 0.412. The summed E-state index contributed by atoms with van der Waals surface area (Å²) < 4.78 is 32.8. The molecule has 2 atom stereocenters. The summed E-state index contributed by atoms with van der Waals surface area (Å²) in [6, 6.07) is 12.2. The second-order valence-electron chi connectivity index (χ2n) is 12.8. The first kappa shape index (κ1) is 29.8. The van der Waals surface area contributed by atoms with Crippen LogP contribution in [0.1, 0.15) is 45.5 Å². The molecule has 0 aromatic heterocycles. The first-order valence-electron chi connectivity index (χ1n) is 15.6. The Morgan fingerprint density at radius 3 is 2.41 bits per heavy atom. The second kappa shape index (κ2) is 11.3. The number of carbonyl (C=O) groups excluding carboxylic acids is 2. The lowest BCUT2D eigenvalue weighted by Crippen LogP contribution is -2.75. The second-order valence-corrected chi connectivity index (χ2v) is 13.7. The van der Waals surface area contributed by atoms with Crippen LogP contribution in [0.3, 0.4) is 0 Å². The maximum atomic E-state index is 15.9. The lowest BCUT2D eigenvalue weighted by molar-refractivity contribution is 0.0515. The normalized spacial score (nSPS) is 22.6. The van der Waals surface area contributed by atoms with Gasteiger partial charge in [0.05, 0.1) is 71.4 Å². The molecule has 2 unspecified atom stereocenters. The minimum atomic E-state index is -0.596. The first-order chi connectivity index (χ1) is 22.2. The first-order valence-corrected chi connectivity index (χ1v) is 16.3. The Morgan fingerprint density at radius 2 is 1.76 bits per heavy atom. The molecular formula is C34H33Cl2FN4O5. The summed E-state index contributed by atoms with van der Waals surface area (Å²) in [5, 5.41) is 4.06. The summed E-state index contributed by atoms with van der Waals surface area (Å²) in [7, 11) is 1.29. The van der Waals surface area contributed by atoms with Crippen LogP contribution in [-0.4, -0.2) is 81.1 Å². The molecule has 0 aliphatic carbocycles. The van der Waals surface area contributed by atoms with Crippen LogP contribution in [0.5, 0.6) is 5.75 Å². The molecule has 3 aromatic carbocycles. The third kappa shape index (κ3) is 4.80. The van der Waals surface area contributed by atoms with Crippen molar-refractivity contribution in [3.05, 3.63) is 75.0 Å². The predicted octanol–water partition coefficient (Wildman–Crippen LogP) is 5.50. The highest BCUT2D eigenvalue weighted by molar-refractivity contribution is 6.40. The minimum Gasteiger partial charge on any atom is -0.472 e. The van der Waals surface area contributed by atoms with Gasteiger partial charge in [-0.25, -0.2) is 9.18 Å². The van der Waals surface area contributed by atoms with Gasteiger partial charge in [-0.15, -0.1) is 0 Å². The van der Waals surface area contributed by atoms with Crippen LogP contribution in [0, 0.1) is 5.82 Å². The maximum Gasteiger partial charge on any atom is 0.340 e. The van der Waals surface area contributed by atoms with Crippen molar-refractivity contribution in [1.29, 1.82) is 0 Å². The molecule has 2 bridgehead atoms. The van der Waals surface area contributed by atoms with Crippen molar-refractivity contribution >= 4 is 46.5 Å². The number of para-hydroxylation sites is 1. The number of benzene rings is 3. The summed E-state index contributed by atoms with van der Waals surface area (Å²) in [5.74, 6) is -1.03. The zero-order valence-electron chi connectivity index (χ0n) is 25.3. The number of ether oxygens (including phenoxy) is 3. The van der Waals surface area contributed by atoms with Crippen LogP contribution in [0.25, 0.3) is 11.1 Å². The molecule has 5 aliphatic rings. The number of rotatable bonds is 5. The van der Waals surface area contributed by atoms with Gasteiger partial charge in [0, 0.05) is 35.5 Å². The van der Waals surface area contributed by atoms with E-state index in [0.717, 1.165) is 44.6 Å². The van der Waals surface area contributed by atoms with Crippen molar-refractivity contribution < 1.29 is 28.2 Å². The lowest BCUT2D eigenvalue weighted by atomic mass is 9.80. The molecule has 3 aromatic rings. The van der Waals surface area contributed by atoms with Crippen LogP contribution in [0.2, 0.25) is 10.0 Å². The molecule has 1 amide bonds. The number of halogens is 3. The van der Waals surface area contributed by atoms with E-state index in [1.807, 2.05) is 12.1 Å². The number of nitrogens with one attached hydrogen (secondary N) is 1. The highest BCUT2D eigenvalue weighted by atomic mass is 35.5. The van der Waals surface area contributed by atoms with Gasteiger partial charge in [0.2, 0.25) is 0 Å². The highest BCUT2D eigenvalue weighted by Gasteiger charge is 2.47. The SMILES string of the molecule is COC(=O)c1cc(F)c(-c2cccc3c2OCN(C(=O)c2c(Cl)cc(N4CC5(CCN5)C4)cc2Cl)C3)cc1N1C2CCC1COC2. The monoisotopic (exact) mass is 666 g/mol. The van der Waals surface area contributed by atoms with Crippen molar-refractivity contribution in [2.45, 2.75) is 43.4 Å². The number of esters is 1. The van der Waals surface area contributed by atoms with Gasteiger partial charge in [0.15, 0.2) is 6.73 Å². The van der Waals surface area contributed by atoms with Crippen LogP contribution >= 0.6 is 23.2 Å². The molecule has 12 heteroatoms. The lowest BCUT2D eigenvalue weighted by Gasteiger charge is -2.57. The van der Waals surface area contributed by atoms with E-state index in [0.29, 0.717) is 41.3 Å². The smallest absolute Gasteiger partial charge is 0.340 e. The van der Waals surface area contributed by atoms with Gasteiger partial charge >= 0.3 is 5.97 Å². The fourth-order valence-corrected chi connectivity index (χ4v) is 8.25. The number of hydrogen-bond acceptors (Lipinski definition) is 8. The summed E-state index contributed by atoms with van der Waals surface area (Å²) in [6.07, 6.45) is 3.01. The Labute approximate surface area is 276 Å². The third-order valence-corrected chi connectivity index (χ3v) is 10.7. The number of morpholine rings is 1. The molecule has 240 valence electrons. The Kier molecular flexibility index (Phi) is 7.32. The van der Waals surface area contributed by atoms with Crippen LogP contribution < -0.4 is 19.9 Å². The Morgan fingerprint density at radius 1 is 1.04 bits per heavy atom. The molecular weight excluding hydrogens is 634 g/mol. The van der Waals surface area contributed by atoms with E-state index in [9.17, 15) is 9.59 Å². The number of fused-ring (bicyclic) bond motifs is 3. The van der Waals surface area contributed by atoms with E-state index in [2.05, 4.69) is 15.1 Å². The van der Waals surface area contributed by atoms with E-state index in [-0.39, 0.29) is 58.0 Å². The Hall–Kier alpha value is -3.57. The quantitative estimate of drug-likeness (QED) is 0.358. The van der Waals surface area contributed by atoms with Gasteiger partial charge < -0.3 is 34.2 Å². The zero-order chi connectivity index (χ0) is 31.7. The Bertz CT molecular complexity index is 1720. The summed E-state index contributed by atoms with van der Waals surface area (Å²) in [4.78, 5) is 32.4. The maximum absolute atomic E-state index is 15.9. The van der Waals surface area contributed by atoms with E-state index in [1.54, 1.807) is 24.3 Å². The Balaban J connectivity index is 1.08. The van der Waals surface area contributed by atoms with E-state index < -0.39 is 11.8 Å². The third-order valence-electron chi connectivity index (χ3n) is 10.1. The number of methoxy groups -OCH3 is 1. The topological polar surface area (TPSA) is 83.6 Å². The van der Waals surface area contributed by atoms with Crippen LogP contribution in [0.15, 0.2) is 42.5 Å². The summed E-state index contributed by atoms with van der Waals surface area (Å²) in [5.41, 5.74) is 3.66. The number of anilines is 2. The molecule has 8 rings (SSSR count).